The minimum absolute atomic E-state index is 0.0774. The molecule has 0 radical (unpaired) electrons. The third-order valence-corrected chi connectivity index (χ3v) is 3.55. The molecule has 0 spiro atoms. The van der Waals surface area contributed by atoms with E-state index in [9.17, 15) is 14.0 Å². The van der Waals surface area contributed by atoms with Crippen molar-refractivity contribution in [2.24, 2.45) is 0 Å². The number of carboxylic acid groups (broad SMARTS) is 1. The van der Waals surface area contributed by atoms with Crippen LogP contribution in [0.3, 0.4) is 0 Å². The highest BCUT2D eigenvalue weighted by Crippen LogP contribution is 2.27. The third kappa shape index (κ3) is 3.77. The molecule has 6 heteroatoms. The molecule has 122 valence electrons. The lowest BCUT2D eigenvalue weighted by atomic mass is 10.1. The topological polar surface area (TPSA) is 68.5 Å². The van der Waals surface area contributed by atoms with Crippen molar-refractivity contribution in [3.63, 3.8) is 0 Å². The van der Waals surface area contributed by atoms with Crippen LogP contribution in [0.4, 0.5) is 4.39 Å². The lowest BCUT2D eigenvalue weighted by molar-refractivity contribution is -0.137. The van der Waals surface area contributed by atoms with Gasteiger partial charge in [0.15, 0.2) is 0 Å². The van der Waals surface area contributed by atoms with Crippen molar-refractivity contribution in [2.45, 2.75) is 26.8 Å². The van der Waals surface area contributed by atoms with Crippen LogP contribution in [-0.4, -0.2) is 28.2 Å². The van der Waals surface area contributed by atoms with Crippen LogP contribution < -0.4 is 0 Å². The van der Waals surface area contributed by atoms with E-state index < -0.39 is 11.9 Å². The number of nitrogens with zero attached hydrogens (tertiary/aromatic N) is 1. The second kappa shape index (κ2) is 7.09. The molecule has 0 saturated carbocycles. The number of carbonyl (C=O) groups excluding carboxylic acids is 1. The number of hydrogen-bond donors (Lipinski definition) is 1. The summed E-state index contributed by atoms with van der Waals surface area (Å²) in [6.45, 7) is 3.93. The van der Waals surface area contributed by atoms with Crippen molar-refractivity contribution in [2.75, 3.05) is 6.61 Å². The average molecular weight is 319 g/mol. The van der Waals surface area contributed by atoms with Gasteiger partial charge in [0.1, 0.15) is 5.82 Å². The number of aromatic nitrogens is 1. The number of ether oxygens (including phenoxy) is 1. The second-order valence-corrected chi connectivity index (χ2v) is 5.05. The van der Waals surface area contributed by atoms with Crippen LogP contribution in [0.5, 0.6) is 0 Å². The summed E-state index contributed by atoms with van der Waals surface area (Å²) in [5, 5.41) is 8.91. The van der Waals surface area contributed by atoms with Gasteiger partial charge in [-0.1, -0.05) is 0 Å². The first-order chi connectivity index (χ1) is 10.9. The van der Waals surface area contributed by atoms with Gasteiger partial charge in [0.2, 0.25) is 0 Å². The molecule has 0 atom stereocenters. The van der Waals surface area contributed by atoms with E-state index in [-0.39, 0.29) is 25.4 Å². The van der Waals surface area contributed by atoms with Crippen molar-refractivity contribution in [1.82, 2.24) is 4.57 Å². The first-order valence-corrected chi connectivity index (χ1v) is 7.29. The number of benzene rings is 1. The van der Waals surface area contributed by atoms with Crippen LogP contribution in [0.25, 0.3) is 11.3 Å². The highest BCUT2D eigenvalue weighted by molar-refractivity contribution is 5.92. The molecule has 0 saturated heterocycles. The van der Waals surface area contributed by atoms with Crippen LogP contribution in [0.1, 0.15) is 29.4 Å². The molecule has 0 fully saturated rings. The van der Waals surface area contributed by atoms with Crippen molar-refractivity contribution in [3.8, 4) is 11.3 Å². The number of carboxylic acids is 1. The summed E-state index contributed by atoms with van der Waals surface area (Å²) < 4.78 is 19.9. The summed E-state index contributed by atoms with van der Waals surface area (Å²) in [5.41, 5.74) is 2.38. The third-order valence-electron chi connectivity index (χ3n) is 3.55. The fourth-order valence-corrected chi connectivity index (χ4v) is 2.42. The van der Waals surface area contributed by atoms with Gasteiger partial charge < -0.3 is 14.4 Å². The number of rotatable bonds is 6. The maximum Gasteiger partial charge on any atom is 0.339 e. The first kappa shape index (κ1) is 16.7. The highest BCUT2D eigenvalue weighted by atomic mass is 19.1. The van der Waals surface area contributed by atoms with Crippen molar-refractivity contribution >= 4 is 11.9 Å². The van der Waals surface area contributed by atoms with Crippen LogP contribution in [-0.2, 0) is 16.1 Å². The zero-order valence-corrected chi connectivity index (χ0v) is 13.0. The van der Waals surface area contributed by atoms with Crippen molar-refractivity contribution in [1.29, 1.82) is 0 Å². The molecule has 2 rings (SSSR count). The molecule has 5 nitrogen and oxygen atoms in total. The van der Waals surface area contributed by atoms with E-state index in [4.69, 9.17) is 9.84 Å². The van der Waals surface area contributed by atoms with Crippen molar-refractivity contribution in [3.05, 3.63) is 47.4 Å². The molecule has 0 amide bonds. The zero-order chi connectivity index (χ0) is 17.0. The molecule has 0 unspecified atom stereocenters. The Morgan fingerprint density at radius 3 is 2.48 bits per heavy atom. The Bertz CT molecular complexity index is 719. The molecule has 1 N–H and O–H groups in total. The van der Waals surface area contributed by atoms with E-state index in [1.54, 1.807) is 36.6 Å². The van der Waals surface area contributed by atoms with Gasteiger partial charge in [0.25, 0.3) is 0 Å². The van der Waals surface area contributed by atoms with Crippen molar-refractivity contribution < 1.29 is 23.8 Å². The minimum Gasteiger partial charge on any atom is -0.481 e. The van der Waals surface area contributed by atoms with Crippen LogP contribution in [0, 0.1) is 12.7 Å². The van der Waals surface area contributed by atoms with Crippen LogP contribution in [0.15, 0.2) is 30.3 Å². The van der Waals surface area contributed by atoms with Gasteiger partial charge in [-0.2, -0.15) is 0 Å². The van der Waals surface area contributed by atoms with Gasteiger partial charge >= 0.3 is 11.9 Å². The van der Waals surface area contributed by atoms with Crippen LogP contribution >= 0.6 is 0 Å². The number of hydrogen-bond acceptors (Lipinski definition) is 3. The number of aliphatic carboxylic acids is 1. The summed E-state index contributed by atoms with van der Waals surface area (Å²) >= 11 is 0. The van der Waals surface area contributed by atoms with E-state index in [0.717, 1.165) is 0 Å². The summed E-state index contributed by atoms with van der Waals surface area (Å²) in [6, 6.07) is 7.49. The molecule has 2 aromatic rings. The molecule has 0 aliphatic carbocycles. The largest absolute Gasteiger partial charge is 0.481 e. The number of carbonyl (C=O) groups is 2. The van der Waals surface area contributed by atoms with Gasteiger partial charge in [-0.05, 0) is 49.7 Å². The van der Waals surface area contributed by atoms with E-state index >= 15 is 0 Å². The minimum atomic E-state index is -0.930. The van der Waals surface area contributed by atoms with E-state index in [1.165, 1.54) is 12.1 Å². The molecule has 1 aromatic heterocycles. The van der Waals surface area contributed by atoms with Gasteiger partial charge in [-0.3, -0.25) is 4.79 Å². The molecule has 23 heavy (non-hydrogen) atoms. The predicted octanol–water partition coefficient (Wildman–Crippen LogP) is 3.25. The van der Waals surface area contributed by atoms with E-state index in [0.29, 0.717) is 22.5 Å². The average Bonchev–Trinajstić information content (AvgIpc) is 2.83. The Morgan fingerprint density at radius 2 is 1.91 bits per heavy atom. The molecule has 0 bridgehead atoms. The lowest BCUT2D eigenvalue weighted by Crippen LogP contribution is -2.10. The van der Waals surface area contributed by atoms with Gasteiger partial charge in [0, 0.05) is 17.9 Å². The molecule has 1 heterocycles. The predicted molar refractivity (Wildman–Crippen MR) is 82.8 cm³/mol. The smallest absolute Gasteiger partial charge is 0.339 e. The van der Waals surface area contributed by atoms with Gasteiger partial charge in [0.05, 0.1) is 18.6 Å². The van der Waals surface area contributed by atoms with Gasteiger partial charge in [-0.15, -0.1) is 0 Å². The number of esters is 1. The zero-order valence-electron chi connectivity index (χ0n) is 13.0. The second-order valence-electron chi connectivity index (χ2n) is 5.05. The summed E-state index contributed by atoms with van der Waals surface area (Å²) in [4.78, 5) is 22.9. The molecular weight excluding hydrogens is 301 g/mol. The fraction of sp³-hybridized carbons (Fsp3) is 0.294. The Morgan fingerprint density at radius 1 is 1.26 bits per heavy atom. The Kier molecular flexibility index (Phi) is 5.16. The van der Waals surface area contributed by atoms with E-state index in [1.807, 2.05) is 0 Å². The Balaban J connectivity index is 2.49. The van der Waals surface area contributed by atoms with Crippen LogP contribution in [0.2, 0.25) is 0 Å². The van der Waals surface area contributed by atoms with Gasteiger partial charge in [-0.25, -0.2) is 9.18 Å². The molecular formula is C17H18FNO4. The molecule has 0 aliphatic rings. The standard InChI is InChI=1S/C17H18FNO4/c1-3-23-17(22)14-10-15(12-4-6-13(18)7-5-12)19(11(14)2)9-8-16(20)21/h4-7,10H,3,8-9H2,1-2H3,(H,20,21). The molecule has 0 aliphatic heterocycles. The summed E-state index contributed by atoms with van der Waals surface area (Å²) in [5.74, 6) is -1.75. The Labute approximate surface area is 133 Å². The fourth-order valence-electron chi connectivity index (χ4n) is 2.42. The number of halogens is 1. The normalized spacial score (nSPS) is 10.6. The first-order valence-electron chi connectivity index (χ1n) is 7.29. The Hall–Kier alpha value is -2.63. The highest BCUT2D eigenvalue weighted by Gasteiger charge is 2.19. The summed E-state index contributed by atoms with van der Waals surface area (Å²) in [6.07, 6.45) is -0.0774. The SMILES string of the molecule is CCOC(=O)c1cc(-c2ccc(F)cc2)n(CCC(=O)O)c1C. The quantitative estimate of drug-likeness (QED) is 0.830. The lowest BCUT2D eigenvalue weighted by Gasteiger charge is -2.11. The monoisotopic (exact) mass is 319 g/mol. The molecule has 1 aromatic carbocycles. The maximum absolute atomic E-state index is 13.1. The maximum atomic E-state index is 13.1. The van der Waals surface area contributed by atoms with E-state index in [2.05, 4.69) is 0 Å². The summed E-state index contributed by atoms with van der Waals surface area (Å²) in [7, 11) is 0.